The highest BCUT2D eigenvalue weighted by Gasteiger charge is 2.52. The van der Waals surface area contributed by atoms with E-state index in [-0.39, 0.29) is 55.4 Å². The van der Waals surface area contributed by atoms with E-state index >= 15 is 0 Å². The van der Waals surface area contributed by atoms with E-state index in [0.717, 1.165) is 16.5 Å². The van der Waals surface area contributed by atoms with Crippen molar-refractivity contribution in [2.45, 2.75) is 42.9 Å². The lowest BCUT2D eigenvalue weighted by Gasteiger charge is -2.35. The number of nitrogens with zero attached hydrogens (tertiary/aromatic N) is 5. The predicted molar refractivity (Wildman–Crippen MR) is 162 cm³/mol. The van der Waals surface area contributed by atoms with Gasteiger partial charge in [-0.1, -0.05) is 51.3 Å². The molecule has 2 fully saturated rings. The summed E-state index contributed by atoms with van der Waals surface area (Å²) in [5, 5.41) is 0.557. The molecule has 6 rings (SSSR count). The average molecular weight is 697 g/mol. The van der Waals surface area contributed by atoms with E-state index in [2.05, 4.69) is 20.9 Å². The van der Waals surface area contributed by atoms with Gasteiger partial charge in [0, 0.05) is 53.7 Å². The van der Waals surface area contributed by atoms with E-state index in [1.165, 1.54) is 20.0 Å². The minimum Gasteiger partial charge on any atom is -0.368 e. The molecule has 0 radical (unpaired) electrons. The number of fused-ring (bicyclic) bond motifs is 1. The van der Waals surface area contributed by atoms with E-state index in [0.29, 0.717) is 28.8 Å². The lowest BCUT2D eigenvalue weighted by Crippen LogP contribution is -2.53. The molecule has 2 amide bonds. The zero-order valence-corrected chi connectivity index (χ0v) is 26.6. The highest BCUT2D eigenvalue weighted by atomic mass is 79.9. The molecule has 3 aliphatic heterocycles. The fourth-order valence-corrected chi connectivity index (χ4v) is 8.26. The van der Waals surface area contributed by atoms with Crippen LogP contribution in [0.3, 0.4) is 0 Å². The summed E-state index contributed by atoms with van der Waals surface area (Å²) in [5.74, 6) is -0.308. The molecule has 1 unspecified atom stereocenters. The van der Waals surface area contributed by atoms with Gasteiger partial charge in [0.2, 0.25) is 5.95 Å². The second kappa shape index (κ2) is 11.2. The summed E-state index contributed by atoms with van der Waals surface area (Å²) >= 11 is 16.0. The molecule has 0 N–H and O–H groups in total. The van der Waals surface area contributed by atoms with Crippen LogP contribution in [-0.4, -0.2) is 77.9 Å². The number of benzene rings is 2. The molecule has 0 spiro atoms. The maximum atomic E-state index is 14.2. The number of carbonyl (C=O) groups excluding carboxylic acids is 2. The van der Waals surface area contributed by atoms with Gasteiger partial charge in [0.25, 0.3) is 21.8 Å². The highest BCUT2D eigenvalue weighted by Crippen LogP contribution is 2.45. The molecule has 10 nitrogen and oxygen atoms in total. The second-order valence-corrected chi connectivity index (χ2v) is 14.5. The molecule has 0 saturated carbocycles. The molecular weight excluding hydrogens is 669 g/mol. The fourth-order valence-electron chi connectivity index (χ4n) is 5.87. The summed E-state index contributed by atoms with van der Waals surface area (Å²) in [6.07, 6.45) is 2.56. The van der Waals surface area contributed by atoms with Gasteiger partial charge in [-0.2, -0.15) is 4.31 Å². The number of aromatic nitrogens is 2. The van der Waals surface area contributed by atoms with Crippen LogP contribution < -0.4 is 4.90 Å². The van der Waals surface area contributed by atoms with E-state index in [1.54, 1.807) is 30.0 Å². The van der Waals surface area contributed by atoms with Crippen LogP contribution in [0.4, 0.5) is 11.6 Å². The predicted octanol–water partition coefficient (Wildman–Crippen LogP) is 4.60. The van der Waals surface area contributed by atoms with Crippen LogP contribution in [0.2, 0.25) is 10.0 Å². The Bertz CT molecular complexity index is 1630. The van der Waals surface area contributed by atoms with Gasteiger partial charge in [0.1, 0.15) is 11.6 Å². The molecule has 3 aromatic rings. The number of piperazine rings is 1. The third kappa shape index (κ3) is 5.16. The molecule has 2 atom stereocenters. The van der Waals surface area contributed by atoms with Crippen LogP contribution in [0.25, 0.3) is 0 Å². The molecule has 42 heavy (non-hydrogen) atoms. The van der Waals surface area contributed by atoms with Crippen molar-refractivity contribution in [3.63, 3.8) is 0 Å². The van der Waals surface area contributed by atoms with Gasteiger partial charge in [-0.3, -0.25) is 14.2 Å². The van der Waals surface area contributed by atoms with Crippen LogP contribution in [0.5, 0.6) is 0 Å². The molecule has 0 bridgehead atoms. The summed E-state index contributed by atoms with van der Waals surface area (Å²) in [5.41, 5.74) is -0.118. The first-order valence-electron chi connectivity index (χ1n) is 13.5. The largest absolute Gasteiger partial charge is 0.368 e. The van der Waals surface area contributed by atoms with Crippen molar-refractivity contribution in [3.05, 3.63) is 68.7 Å². The van der Waals surface area contributed by atoms with Crippen LogP contribution in [0.1, 0.15) is 25.3 Å². The number of anilines is 2. The number of halogens is 3. The third-order valence-electron chi connectivity index (χ3n) is 7.99. The van der Waals surface area contributed by atoms with Gasteiger partial charge in [0.05, 0.1) is 11.9 Å². The highest BCUT2D eigenvalue weighted by molar-refractivity contribution is 9.10. The molecule has 1 aromatic heterocycles. The van der Waals surface area contributed by atoms with Gasteiger partial charge in [-0.15, -0.1) is 0 Å². The maximum absolute atomic E-state index is 14.2. The Morgan fingerprint density at radius 1 is 1.10 bits per heavy atom. The minimum atomic E-state index is -4.10. The summed E-state index contributed by atoms with van der Waals surface area (Å²) in [7, 11) is -4.10. The lowest BCUT2D eigenvalue weighted by atomic mass is 9.92. The topological polar surface area (TPSA) is 105 Å². The SMILES string of the molecule is C[C@@]1(Cc2ccc(Br)cc2)C(=O)N(c2cc(Cl)cc(Cl)c2)c2ncc(S(=O)(=O)N3CCN(C(=O)C4CCCO4)CC3)n21. The van der Waals surface area contributed by atoms with Crippen molar-refractivity contribution >= 4 is 72.6 Å². The van der Waals surface area contributed by atoms with Gasteiger partial charge in [-0.25, -0.2) is 18.3 Å². The molecule has 4 heterocycles. The number of sulfonamides is 1. The van der Waals surface area contributed by atoms with Crippen molar-refractivity contribution < 1.29 is 22.7 Å². The van der Waals surface area contributed by atoms with Gasteiger partial charge in [-0.05, 0) is 55.7 Å². The normalized spacial score (nSPS) is 23.0. The van der Waals surface area contributed by atoms with Crippen molar-refractivity contribution in [1.29, 1.82) is 0 Å². The van der Waals surface area contributed by atoms with Crippen LogP contribution >= 0.6 is 39.1 Å². The average Bonchev–Trinajstić information content (AvgIpc) is 3.69. The zero-order valence-electron chi connectivity index (χ0n) is 22.7. The number of rotatable bonds is 6. The van der Waals surface area contributed by atoms with Crippen molar-refractivity contribution in [2.24, 2.45) is 0 Å². The Labute approximate surface area is 262 Å². The summed E-state index contributed by atoms with van der Waals surface area (Å²) in [6, 6.07) is 12.3. The van der Waals surface area contributed by atoms with Crippen LogP contribution in [0, 0.1) is 0 Å². The van der Waals surface area contributed by atoms with E-state index in [1.807, 2.05) is 24.3 Å². The number of imidazole rings is 1. The molecule has 222 valence electrons. The molecule has 2 aromatic carbocycles. The standard InChI is InChI=1S/C28H28BrCl2N5O5S/c1-28(16-18-4-6-19(29)7-5-18)26(38)35(22-14-20(30)13-21(31)15-22)27-32-17-24(36(27)28)42(39,40)34-10-8-33(9-11-34)25(37)23-3-2-12-41-23/h4-7,13-15,17,23H,2-3,8-12,16H2,1H3/t23?,28-/m1/s1. The first-order valence-corrected chi connectivity index (χ1v) is 16.5. The Hall–Kier alpha value is -2.48. The zero-order chi connectivity index (χ0) is 29.8. The Kier molecular flexibility index (Phi) is 7.90. The van der Waals surface area contributed by atoms with Crippen LogP contribution in [0.15, 0.2) is 58.2 Å². The fraction of sp³-hybridized carbons (Fsp3) is 0.393. The summed E-state index contributed by atoms with van der Waals surface area (Å²) in [4.78, 5) is 34.6. The quantitative estimate of drug-likeness (QED) is 0.373. The smallest absolute Gasteiger partial charge is 0.260 e. The second-order valence-electron chi connectivity index (χ2n) is 10.8. The van der Waals surface area contributed by atoms with E-state index in [9.17, 15) is 18.0 Å². The first kappa shape index (κ1) is 29.6. The Morgan fingerprint density at radius 3 is 2.38 bits per heavy atom. The van der Waals surface area contributed by atoms with Gasteiger partial charge in [0.15, 0.2) is 5.03 Å². The summed E-state index contributed by atoms with van der Waals surface area (Å²) in [6.45, 7) is 3.01. The summed E-state index contributed by atoms with van der Waals surface area (Å²) < 4.78 is 37.6. The molecular formula is C28H28BrCl2N5O5S. The third-order valence-corrected chi connectivity index (χ3v) is 10.8. The van der Waals surface area contributed by atoms with E-state index < -0.39 is 21.7 Å². The van der Waals surface area contributed by atoms with Crippen LogP contribution in [-0.2, 0) is 36.3 Å². The number of hydrogen-bond donors (Lipinski definition) is 0. The van der Waals surface area contributed by atoms with Crippen molar-refractivity contribution in [3.8, 4) is 0 Å². The monoisotopic (exact) mass is 695 g/mol. The van der Waals surface area contributed by atoms with E-state index in [4.69, 9.17) is 27.9 Å². The van der Waals surface area contributed by atoms with Gasteiger partial charge >= 0.3 is 0 Å². The maximum Gasteiger partial charge on any atom is 0.260 e. The first-order chi connectivity index (χ1) is 20.0. The molecule has 3 aliphatic rings. The Balaban J connectivity index is 1.37. The van der Waals surface area contributed by atoms with Crippen molar-refractivity contribution in [1.82, 2.24) is 18.8 Å². The molecule has 2 saturated heterocycles. The Morgan fingerprint density at radius 2 is 1.76 bits per heavy atom. The molecule has 0 aliphatic carbocycles. The number of hydrogen-bond acceptors (Lipinski definition) is 6. The number of ether oxygens (including phenoxy) is 1. The van der Waals surface area contributed by atoms with Gasteiger partial charge < -0.3 is 9.64 Å². The molecule has 14 heteroatoms. The number of carbonyl (C=O) groups is 2. The van der Waals surface area contributed by atoms with Crippen molar-refractivity contribution in [2.75, 3.05) is 37.7 Å². The number of amides is 2. The lowest BCUT2D eigenvalue weighted by molar-refractivity contribution is -0.142. The minimum absolute atomic E-state index is 0.0972.